The molecule has 2 aromatic heterocycles. The predicted molar refractivity (Wildman–Crippen MR) is 77.2 cm³/mol. The summed E-state index contributed by atoms with van der Waals surface area (Å²) in [5, 5.41) is 10.2. The quantitative estimate of drug-likeness (QED) is 0.889. The monoisotopic (exact) mass is 291 g/mol. The number of rotatable bonds is 2. The number of hydrogen-bond donors (Lipinski definition) is 2. The molecule has 0 bridgehead atoms. The summed E-state index contributed by atoms with van der Waals surface area (Å²) in [6.45, 7) is 6.04. The Morgan fingerprint density at radius 2 is 2.10 bits per heavy atom. The van der Waals surface area contributed by atoms with Crippen molar-refractivity contribution >= 4 is 22.4 Å². The molecule has 7 heteroatoms. The second-order valence-electron chi connectivity index (χ2n) is 5.95. The van der Waals surface area contributed by atoms with Crippen LogP contribution in [0.15, 0.2) is 0 Å². The maximum absolute atomic E-state index is 12.1. The van der Waals surface area contributed by atoms with Gasteiger partial charge in [0.15, 0.2) is 5.13 Å². The van der Waals surface area contributed by atoms with Gasteiger partial charge in [-0.3, -0.25) is 15.2 Å². The summed E-state index contributed by atoms with van der Waals surface area (Å²) < 4.78 is 0. The third-order valence-corrected chi connectivity index (χ3v) is 4.29. The number of H-pyrrole nitrogens is 1. The number of fused-ring (bicyclic) bond motifs is 1. The number of nitrogens with zero attached hydrogens (tertiary/aromatic N) is 3. The molecule has 0 unspecified atom stereocenters. The number of aromatic nitrogens is 4. The van der Waals surface area contributed by atoms with E-state index in [1.807, 2.05) is 20.8 Å². The Morgan fingerprint density at radius 1 is 1.30 bits per heavy atom. The van der Waals surface area contributed by atoms with Gasteiger partial charge in [0.05, 0.1) is 5.69 Å². The van der Waals surface area contributed by atoms with Crippen molar-refractivity contribution in [2.24, 2.45) is 0 Å². The van der Waals surface area contributed by atoms with Crippen LogP contribution in [-0.2, 0) is 18.3 Å². The molecule has 0 saturated carbocycles. The maximum Gasteiger partial charge on any atom is 0.297 e. The number of aromatic amines is 1. The first-order valence-electron chi connectivity index (χ1n) is 6.66. The summed E-state index contributed by atoms with van der Waals surface area (Å²) in [6.07, 6.45) is 3.24. The molecular weight excluding hydrogens is 274 g/mol. The highest BCUT2D eigenvalue weighted by atomic mass is 32.1. The van der Waals surface area contributed by atoms with E-state index in [0.717, 1.165) is 25.0 Å². The van der Waals surface area contributed by atoms with Crippen LogP contribution in [0.2, 0.25) is 0 Å². The van der Waals surface area contributed by atoms with Gasteiger partial charge in [0.1, 0.15) is 5.82 Å². The fourth-order valence-corrected chi connectivity index (χ4v) is 3.14. The second kappa shape index (κ2) is 4.66. The molecule has 1 aliphatic carbocycles. The minimum atomic E-state index is -0.316. The molecular formula is C13H17N5OS. The van der Waals surface area contributed by atoms with Gasteiger partial charge in [-0.1, -0.05) is 20.8 Å². The SMILES string of the molecule is CC(C)(C)c1nc(C(=O)Nc2nc3c(s2)CCC3)n[nH]1. The molecule has 0 aromatic carbocycles. The van der Waals surface area contributed by atoms with Gasteiger partial charge in [-0.25, -0.2) is 9.97 Å². The Bertz CT molecular complexity index is 631. The van der Waals surface area contributed by atoms with Gasteiger partial charge in [0.2, 0.25) is 5.82 Å². The average Bonchev–Trinajstić information content (AvgIpc) is 3.01. The molecule has 2 aromatic rings. The van der Waals surface area contributed by atoms with E-state index in [-0.39, 0.29) is 17.1 Å². The number of thiazole rings is 1. The van der Waals surface area contributed by atoms with Gasteiger partial charge < -0.3 is 0 Å². The Morgan fingerprint density at radius 3 is 2.75 bits per heavy atom. The summed E-state index contributed by atoms with van der Waals surface area (Å²) in [5.41, 5.74) is 0.962. The number of carbonyl (C=O) groups is 1. The van der Waals surface area contributed by atoms with Crippen molar-refractivity contribution in [3.05, 3.63) is 22.2 Å². The minimum Gasteiger partial charge on any atom is -0.295 e. The van der Waals surface area contributed by atoms with E-state index in [9.17, 15) is 4.79 Å². The number of nitrogens with one attached hydrogen (secondary N) is 2. The topological polar surface area (TPSA) is 83.6 Å². The van der Waals surface area contributed by atoms with Gasteiger partial charge in [0, 0.05) is 10.3 Å². The summed E-state index contributed by atoms with van der Waals surface area (Å²) in [5.74, 6) is 0.541. The molecule has 1 amide bonds. The van der Waals surface area contributed by atoms with E-state index < -0.39 is 0 Å². The van der Waals surface area contributed by atoms with Crippen LogP contribution in [0.4, 0.5) is 5.13 Å². The first kappa shape index (κ1) is 13.2. The van der Waals surface area contributed by atoms with E-state index >= 15 is 0 Å². The van der Waals surface area contributed by atoms with E-state index in [0.29, 0.717) is 11.0 Å². The molecule has 2 heterocycles. The predicted octanol–water partition coefficient (Wildman–Crippen LogP) is 2.30. The van der Waals surface area contributed by atoms with E-state index in [1.165, 1.54) is 4.88 Å². The standard InChI is InChI=1S/C13H17N5OS/c1-13(2,3)11-15-9(17-18-11)10(19)16-12-14-7-5-4-6-8(7)20-12/h4-6H2,1-3H3,(H,14,16,19)(H,15,17,18). The van der Waals surface area contributed by atoms with Gasteiger partial charge in [-0.05, 0) is 19.3 Å². The normalized spacial score (nSPS) is 14.3. The fraction of sp³-hybridized carbons (Fsp3) is 0.538. The van der Waals surface area contributed by atoms with Crippen LogP contribution in [0.3, 0.4) is 0 Å². The smallest absolute Gasteiger partial charge is 0.295 e. The molecule has 6 nitrogen and oxygen atoms in total. The zero-order chi connectivity index (χ0) is 14.3. The average molecular weight is 291 g/mol. The van der Waals surface area contributed by atoms with E-state index in [4.69, 9.17) is 0 Å². The largest absolute Gasteiger partial charge is 0.297 e. The Hall–Kier alpha value is -1.76. The summed E-state index contributed by atoms with van der Waals surface area (Å²) in [4.78, 5) is 22.0. The molecule has 0 fully saturated rings. The van der Waals surface area contributed by atoms with Gasteiger partial charge in [0.25, 0.3) is 5.91 Å². The van der Waals surface area contributed by atoms with Crippen molar-refractivity contribution in [2.45, 2.75) is 45.4 Å². The highest BCUT2D eigenvalue weighted by molar-refractivity contribution is 7.15. The number of hydrogen-bond acceptors (Lipinski definition) is 5. The first-order valence-corrected chi connectivity index (χ1v) is 7.48. The molecule has 0 atom stereocenters. The number of anilines is 1. The van der Waals surface area contributed by atoms with Crippen molar-refractivity contribution in [3.8, 4) is 0 Å². The zero-order valence-electron chi connectivity index (χ0n) is 11.8. The lowest BCUT2D eigenvalue weighted by Gasteiger charge is -2.12. The highest BCUT2D eigenvalue weighted by Crippen LogP contribution is 2.30. The lowest BCUT2D eigenvalue weighted by Crippen LogP contribution is -2.16. The Balaban J connectivity index is 1.74. The molecule has 0 aliphatic heterocycles. The van der Waals surface area contributed by atoms with Crippen LogP contribution in [0.5, 0.6) is 0 Å². The van der Waals surface area contributed by atoms with Crippen LogP contribution in [0.25, 0.3) is 0 Å². The number of aryl methyl sites for hydroxylation is 2. The maximum atomic E-state index is 12.1. The Kier molecular flexibility index (Phi) is 3.08. The minimum absolute atomic E-state index is 0.158. The van der Waals surface area contributed by atoms with E-state index in [1.54, 1.807) is 11.3 Å². The summed E-state index contributed by atoms with van der Waals surface area (Å²) in [7, 11) is 0. The third kappa shape index (κ3) is 2.45. The van der Waals surface area contributed by atoms with Crippen LogP contribution in [0, 0.1) is 0 Å². The lowest BCUT2D eigenvalue weighted by molar-refractivity contribution is 0.101. The number of amides is 1. The van der Waals surface area contributed by atoms with Gasteiger partial charge in [-0.15, -0.1) is 16.4 Å². The summed E-state index contributed by atoms with van der Waals surface area (Å²) in [6, 6.07) is 0. The third-order valence-electron chi connectivity index (χ3n) is 3.22. The van der Waals surface area contributed by atoms with Crippen LogP contribution < -0.4 is 5.32 Å². The second-order valence-corrected chi connectivity index (χ2v) is 7.04. The molecule has 2 N–H and O–H groups in total. The molecule has 106 valence electrons. The molecule has 3 rings (SSSR count). The van der Waals surface area contributed by atoms with Crippen molar-refractivity contribution in [1.82, 2.24) is 20.2 Å². The highest BCUT2D eigenvalue weighted by Gasteiger charge is 2.23. The van der Waals surface area contributed by atoms with E-state index in [2.05, 4.69) is 25.5 Å². The van der Waals surface area contributed by atoms with Crippen molar-refractivity contribution in [2.75, 3.05) is 5.32 Å². The van der Waals surface area contributed by atoms with Crippen molar-refractivity contribution in [3.63, 3.8) is 0 Å². The molecule has 0 spiro atoms. The van der Waals surface area contributed by atoms with Crippen LogP contribution in [0.1, 0.15) is 54.2 Å². The zero-order valence-corrected chi connectivity index (χ0v) is 12.6. The van der Waals surface area contributed by atoms with Crippen LogP contribution in [-0.4, -0.2) is 26.1 Å². The first-order chi connectivity index (χ1) is 9.43. The molecule has 20 heavy (non-hydrogen) atoms. The molecule has 0 saturated heterocycles. The van der Waals surface area contributed by atoms with Crippen molar-refractivity contribution in [1.29, 1.82) is 0 Å². The van der Waals surface area contributed by atoms with Gasteiger partial charge in [-0.2, -0.15) is 0 Å². The lowest BCUT2D eigenvalue weighted by atomic mass is 9.96. The van der Waals surface area contributed by atoms with Crippen LogP contribution >= 0.6 is 11.3 Å². The number of carbonyl (C=O) groups excluding carboxylic acids is 1. The Labute approximate surface area is 121 Å². The molecule has 0 radical (unpaired) electrons. The van der Waals surface area contributed by atoms with Crippen molar-refractivity contribution < 1.29 is 4.79 Å². The fourth-order valence-electron chi connectivity index (χ4n) is 2.10. The van der Waals surface area contributed by atoms with Gasteiger partial charge >= 0.3 is 0 Å². The summed E-state index contributed by atoms with van der Waals surface area (Å²) >= 11 is 1.55. The molecule has 1 aliphatic rings.